The molecular weight excluding hydrogens is 368 g/mol. The van der Waals surface area contributed by atoms with Gasteiger partial charge in [0.2, 0.25) is 0 Å². The van der Waals surface area contributed by atoms with Gasteiger partial charge in [0.15, 0.2) is 0 Å². The highest BCUT2D eigenvalue weighted by atomic mass is 16.5. The summed E-state index contributed by atoms with van der Waals surface area (Å²) in [4.78, 5) is 16.5. The molecule has 0 aliphatic carbocycles. The second-order valence-electron chi connectivity index (χ2n) is 9.32. The maximum Gasteiger partial charge on any atom is 0.251 e. The molecule has 6 heteroatoms. The van der Waals surface area contributed by atoms with Crippen molar-refractivity contribution in [2.45, 2.75) is 58.2 Å². The summed E-state index contributed by atoms with van der Waals surface area (Å²) in [5.74, 6) is 0.948. The molecular formula is C23H36N2O4. The first-order chi connectivity index (χ1) is 13.7. The van der Waals surface area contributed by atoms with Crippen LogP contribution in [0.25, 0.3) is 0 Å². The first-order valence-corrected chi connectivity index (χ1v) is 10.8. The van der Waals surface area contributed by atoms with Crippen molar-refractivity contribution in [2.75, 3.05) is 45.9 Å². The second kappa shape index (κ2) is 9.45. The molecule has 1 N–H and O–H groups in total. The fraction of sp³-hybridized carbons (Fsp3) is 0.696. The summed E-state index contributed by atoms with van der Waals surface area (Å²) in [5.41, 5.74) is 2.47. The molecule has 1 aromatic carbocycles. The number of hydrogen-bond donors (Lipinski definition) is 1. The number of nitrogens with zero attached hydrogens (tertiary/aromatic N) is 2. The van der Waals surface area contributed by atoms with Gasteiger partial charge in [-0.1, -0.05) is 32.9 Å². The van der Waals surface area contributed by atoms with Crippen LogP contribution in [0.5, 0.6) is 5.75 Å². The van der Waals surface area contributed by atoms with E-state index in [4.69, 9.17) is 9.47 Å². The average molecular weight is 405 g/mol. The molecule has 0 spiro atoms. The van der Waals surface area contributed by atoms with Crippen molar-refractivity contribution in [2.24, 2.45) is 0 Å². The standard InChI is InChI=1S/C23H36N2O4/c1-17-14-18(23(2,3)4)7-8-20(17)29-16-19(26)15-24-9-11-25(12-10-24)22(27)21-6-5-13-28-21/h7-8,14,19,21,26H,5-6,9-13,15-16H2,1-4H3/t19-,21+/m1/s1. The number of ether oxygens (including phenoxy) is 2. The smallest absolute Gasteiger partial charge is 0.251 e. The highest BCUT2D eigenvalue weighted by Crippen LogP contribution is 2.27. The Balaban J connectivity index is 1.41. The molecule has 2 aliphatic heterocycles. The highest BCUT2D eigenvalue weighted by molar-refractivity contribution is 5.81. The van der Waals surface area contributed by atoms with Gasteiger partial charge in [-0.25, -0.2) is 0 Å². The zero-order chi connectivity index (χ0) is 21.0. The van der Waals surface area contributed by atoms with Crippen molar-refractivity contribution in [1.29, 1.82) is 0 Å². The van der Waals surface area contributed by atoms with Gasteiger partial charge in [-0.05, 0) is 42.4 Å². The minimum Gasteiger partial charge on any atom is -0.491 e. The lowest BCUT2D eigenvalue weighted by molar-refractivity contribution is -0.142. The number of aliphatic hydroxyl groups excluding tert-OH is 1. The maximum atomic E-state index is 12.4. The van der Waals surface area contributed by atoms with E-state index in [1.807, 2.05) is 17.9 Å². The molecule has 162 valence electrons. The lowest BCUT2D eigenvalue weighted by atomic mass is 9.86. The molecule has 2 heterocycles. The maximum absolute atomic E-state index is 12.4. The zero-order valence-electron chi connectivity index (χ0n) is 18.3. The molecule has 2 fully saturated rings. The molecule has 0 bridgehead atoms. The van der Waals surface area contributed by atoms with Crippen LogP contribution in [0.15, 0.2) is 18.2 Å². The van der Waals surface area contributed by atoms with Gasteiger partial charge in [0.25, 0.3) is 5.91 Å². The van der Waals surface area contributed by atoms with E-state index < -0.39 is 6.10 Å². The van der Waals surface area contributed by atoms with Gasteiger partial charge in [-0.3, -0.25) is 9.69 Å². The normalized spacial score (nSPS) is 22.0. The summed E-state index contributed by atoms with van der Waals surface area (Å²) in [6.07, 6.45) is 1.01. The van der Waals surface area contributed by atoms with Crippen LogP contribution in [0, 0.1) is 6.92 Å². The van der Waals surface area contributed by atoms with E-state index in [9.17, 15) is 9.90 Å². The van der Waals surface area contributed by atoms with E-state index in [-0.39, 0.29) is 24.0 Å². The molecule has 0 unspecified atom stereocenters. The Morgan fingerprint density at radius 2 is 2.00 bits per heavy atom. The van der Waals surface area contributed by atoms with Crippen LogP contribution in [0.3, 0.4) is 0 Å². The molecule has 2 saturated heterocycles. The Kier molecular flexibility index (Phi) is 7.19. The first kappa shape index (κ1) is 22.1. The molecule has 0 radical (unpaired) electrons. The van der Waals surface area contributed by atoms with Crippen molar-refractivity contribution in [3.05, 3.63) is 29.3 Å². The molecule has 29 heavy (non-hydrogen) atoms. The van der Waals surface area contributed by atoms with Crippen LogP contribution >= 0.6 is 0 Å². The number of amides is 1. The highest BCUT2D eigenvalue weighted by Gasteiger charge is 2.30. The molecule has 0 saturated carbocycles. The zero-order valence-corrected chi connectivity index (χ0v) is 18.3. The molecule has 2 atom stereocenters. The SMILES string of the molecule is Cc1cc(C(C)(C)C)ccc1OC[C@H](O)CN1CCN(C(=O)[C@@H]2CCCO2)CC1. The Bertz CT molecular complexity index is 687. The number of hydrogen-bond acceptors (Lipinski definition) is 5. The van der Waals surface area contributed by atoms with Crippen molar-refractivity contribution in [1.82, 2.24) is 9.80 Å². The third kappa shape index (κ3) is 5.93. The van der Waals surface area contributed by atoms with Crippen LogP contribution in [-0.2, 0) is 14.9 Å². The summed E-state index contributed by atoms with van der Waals surface area (Å²) in [6.45, 7) is 13.1. The van der Waals surface area contributed by atoms with Crippen LogP contribution in [0.1, 0.15) is 44.7 Å². The third-order valence-corrected chi connectivity index (χ3v) is 5.83. The van der Waals surface area contributed by atoms with E-state index in [1.54, 1.807) is 0 Å². The third-order valence-electron chi connectivity index (χ3n) is 5.83. The van der Waals surface area contributed by atoms with Gasteiger partial charge in [0.1, 0.15) is 24.6 Å². The van der Waals surface area contributed by atoms with E-state index in [0.29, 0.717) is 26.2 Å². The van der Waals surface area contributed by atoms with Crippen LogP contribution < -0.4 is 4.74 Å². The quantitative estimate of drug-likeness (QED) is 0.789. The first-order valence-electron chi connectivity index (χ1n) is 10.8. The van der Waals surface area contributed by atoms with E-state index in [2.05, 4.69) is 37.8 Å². The monoisotopic (exact) mass is 404 g/mol. The van der Waals surface area contributed by atoms with Gasteiger partial charge in [0.05, 0.1) is 0 Å². The summed E-state index contributed by atoms with van der Waals surface area (Å²) >= 11 is 0. The van der Waals surface area contributed by atoms with E-state index >= 15 is 0 Å². The molecule has 2 aliphatic rings. The lowest BCUT2D eigenvalue weighted by Crippen LogP contribution is -2.53. The fourth-order valence-electron chi connectivity index (χ4n) is 3.94. The number of piperazine rings is 1. The number of carbonyl (C=O) groups excluding carboxylic acids is 1. The summed E-state index contributed by atoms with van der Waals surface area (Å²) in [5, 5.41) is 10.4. The summed E-state index contributed by atoms with van der Waals surface area (Å²) < 4.78 is 11.4. The number of rotatable bonds is 6. The Morgan fingerprint density at radius 3 is 2.59 bits per heavy atom. The van der Waals surface area contributed by atoms with Gasteiger partial charge in [-0.2, -0.15) is 0 Å². The van der Waals surface area contributed by atoms with Crippen LogP contribution in [-0.4, -0.2) is 79.0 Å². The molecule has 1 amide bonds. The summed E-state index contributed by atoms with van der Waals surface area (Å²) in [7, 11) is 0. The predicted octanol–water partition coefficient (Wildman–Crippen LogP) is 2.36. The van der Waals surface area contributed by atoms with Gasteiger partial charge >= 0.3 is 0 Å². The minimum absolute atomic E-state index is 0.107. The van der Waals surface area contributed by atoms with Gasteiger partial charge in [0, 0.05) is 39.3 Å². The average Bonchev–Trinajstić information content (AvgIpc) is 3.21. The topological polar surface area (TPSA) is 62.2 Å². The molecule has 0 aromatic heterocycles. The fourth-order valence-corrected chi connectivity index (χ4v) is 3.94. The van der Waals surface area contributed by atoms with Crippen molar-refractivity contribution in [3.8, 4) is 5.75 Å². The number of aliphatic hydroxyl groups is 1. The minimum atomic E-state index is -0.558. The van der Waals surface area contributed by atoms with Crippen molar-refractivity contribution in [3.63, 3.8) is 0 Å². The molecule has 6 nitrogen and oxygen atoms in total. The Labute approximate surface area is 174 Å². The second-order valence-corrected chi connectivity index (χ2v) is 9.32. The number of aryl methyl sites for hydroxylation is 1. The largest absolute Gasteiger partial charge is 0.491 e. The Morgan fingerprint density at radius 1 is 1.28 bits per heavy atom. The van der Waals surface area contributed by atoms with Crippen LogP contribution in [0.4, 0.5) is 0 Å². The lowest BCUT2D eigenvalue weighted by Gasteiger charge is -2.36. The van der Waals surface area contributed by atoms with Crippen LogP contribution in [0.2, 0.25) is 0 Å². The van der Waals surface area contributed by atoms with E-state index in [1.165, 1.54) is 5.56 Å². The summed E-state index contributed by atoms with van der Waals surface area (Å²) in [6, 6.07) is 6.25. The molecule has 1 aromatic rings. The van der Waals surface area contributed by atoms with Crippen molar-refractivity contribution < 1.29 is 19.4 Å². The number of carbonyl (C=O) groups is 1. The number of β-amino-alcohol motifs (C(OH)–C–C–N with tert-alkyl or cyclic N) is 1. The Hall–Kier alpha value is -1.63. The molecule has 3 rings (SSSR count). The van der Waals surface area contributed by atoms with Gasteiger partial charge < -0.3 is 19.5 Å². The predicted molar refractivity (Wildman–Crippen MR) is 113 cm³/mol. The van der Waals surface area contributed by atoms with Crippen molar-refractivity contribution >= 4 is 5.91 Å². The van der Waals surface area contributed by atoms with Gasteiger partial charge in [-0.15, -0.1) is 0 Å². The number of benzene rings is 1. The van der Waals surface area contributed by atoms with E-state index in [0.717, 1.165) is 37.2 Å².